The summed E-state index contributed by atoms with van der Waals surface area (Å²) in [5.74, 6) is 0. The van der Waals surface area contributed by atoms with Crippen molar-refractivity contribution in [2.24, 2.45) is 0 Å². The molecule has 0 aliphatic rings. The first-order valence-corrected chi connectivity index (χ1v) is 15.2. The molecule has 0 saturated heterocycles. The predicted molar refractivity (Wildman–Crippen MR) is 189 cm³/mol. The van der Waals surface area contributed by atoms with Crippen molar-refractivity contribution in [1.82, 2.24) is 0 Å². The van der Waals surface area contributed by atoms with Crippen LogP contribution < -0.4 is 4.90 Å². The van der Waals surface area contributed by atoms with E-state index in [-0.39, 0.29) is 10.8 Å². The standard InChI is InChI=1S/C42H43N/c1-41(2,3)36-24-16-32(17-25-36)12-14-34-20-28-39(29-21-34)43(38-10-8-7-9-11-38)40-30-22-35(23-31-40)15-13-33-18-26-37(27-19-33)42(4,5)6/h7-31H,1-6H3/b14-12+,15-13+. The van der Waals surface area contributed by atoms with Crippen molar-refractivity contribution in [3.8, 4) is 0 Å². The number of rotatable bonds is 7. The van der Waals surface area contributed by atoms with Crippen molar-refractivity contribution < 1.29 is 0 Å². The van der Waals surface area contributed by atoms with Crippen LogP contribution in [0.15, 0.2) is 127 Å². The van der Waals surface area contributed by atoms with E-state index in [2.05, 4.69) is 198 Å². The minimum absolute atomic E-state index is 0.165. The third kappa shape index (κ3) is 7.81. The van der Waals surface area contributed by atoms with Crippen molar-refractivity contribution in [3.63, 3.8) is 0 Å². The molecule has 216 valence electrons. The molecule has 0 saturated carbocycles. The summed E-state index contributed by atoms with van der Waals surface area (Å²) >= 11 is 0. The highest BCUT2D eigenvalue weighted by molar-refractivity contribution is 5.79. The lowest BCUT2D eigenvalue weighted by atomic mass is 9.87. The minimum atomic E-state index is 0.165. The molecule has 0 heterocycles. The van der Waals surface area contributed by atoms with Gasteiger partial charge in [-0.15, -0.1) is 0 Å². The van der Waals surface area contributed by atoms with Gasteiger partial charge in [-0.25, -0.2) is 0 Å². The van der Waals surface area contributed by atoms with Gasteiger partial charge < -0.3 is 4.90 Å². The summed E-state index contributed by atoms with van der Waals surface area (Å²) in [6.07, 6.45) is 8.73. The molecule has 0 N–H and O–H groups in total. The van der Waals surface area contributed by atoms with Crippen LogP contribution in [0.1, 0.15) is 74.9 Å². The Morgan fingerprint density at radius 3 is 0.930 bits per heavy atom. The Balaban J connectivity index is 1.34. The fraction of sp³-hybridized carbons (Fsp3) is 0.190. The Bertz CT molecular complexity index is 1550. The van der Waals surface area contributed by atoms with Crippen molar-refractivity contribution in [2.75, 3.05) is 4.90 Å². The van der Waals surface area contributed by atoms with Crippen LogP contribution in [0, 0.1) is 0 Å². The van der Waals surface area contributed by atoms with Crippen molar-refractivity contribution >= 4 is 41.4 Å². The van der Waals surface area contributed by atoms with Crippen LogP contribution in [0.3, 0.4) is 0 Å². The highest BCUT2D eigenvalue weighted by Gasteiger charge is 2.14. The van der Waals surface area contributed by atoms with Gasteiger partial charge in [-0.1, -0.05) is 157 Å². The highest BCUT2D eigenvalue weighted by Crippen LogP contribution is 2.35. The fourth-order valence-corrected chi connectivity index (χ4v) is 5.07. The molecule has 0 aliphatic heterocycles. The molecule has 5 aromatic rings. The number of benzene rings is 5. The Kier molecular flexibility index (Phi) is 8.83. The molecule has 0 atom stereocenters. The lowest BCUT2D eigenvalue weighted by Gasteiger charge is -2.25. The molecule has 1 heteroatoms. The Labute approximate surface area is 258 Å². The predicted octanol–water partition coefficient (Wildman–Crippen LogP) is 12.1. The SMILES string of the molecule is CC(C)(C)c1ccc(/C=C/c2ccc(N(c3ccccc3)c3ccc(/C=C/c4ccc(C(C)(C)C)cc4)cc3)cc2)cc1. The van der Waals surface area contributed by atoms with Gasteiger partial charge >= 0.3 is 0 Å². The molecule has 0 fully saturated rings. The van der Waals surface area contributed by atoms with Crippen LogP contribution in [0.2, 0.25) is 0 Å². The van der Waals surface area contributed by atoms with E-state index in [9.17, 15) is 0 Å². The molecule has 5 rings (SSSR count). The van der Waals surface area contributed by atoms with E-state index in [1.54, 1.807) is 0 Å². The molecule has 0 bridgehead atoms. The zero-order valence-electron chi connectivity index (χ0n) is 26.4. The van der Waals surface area contributed by atoms with Crippen LogP contribution in [0.25, 0.3) is 24.3 Å². The van der Waals surface area contributed by atoms with E-state index in [0.29, 0.717) is 0 Å². The topological polar surface area (TPSA) is 3.24 Å². The monoisotopic (exact) mass is 561 g/mol. The van der Waals surface area contributed by atoms with E-state index in [1.807, 2.05) is 0 Å². The van der Waals surface area contributed by atoms with Gasteiger partial charge in [0.05, 0.1) is 0 Å². The molecule has 1 nitrogen and oxygen atoms in total. The lowest BCUT2D eigenvalue weighted by molar-refractivity contribution is 0.590. The fourth-order valence-electron chi connectivity index (χ4n) is 5.07. The lowest BCUT2D eigenvalue weighted by Crippen LogP contribution is -2.10. The van der Waals surface area contributed by atoms with Crippen molar-refractivity contribution in [1.29, 1.82) is 0 Å². The summed E-state index contributed by atoms with van der Waals surface area (Å²) in [7, 11) is 0. The van der Waals surface area contributed by atoms with E-state index in [1.165, 1.54) is 33.4 Å². The smallest absolute Gasteiger partial charge is 0.0462 e. The zero-order chi connectivity index (χ0) is 30.5. The number of para-hydroxylation sites is 1. The summed E-state index contributed by atoms with van der Waals surface area (Å²) < 4.78 is 0. The molecule has 0 radical (unpaired) electrons. The van der Waals surface area contributed by atoms with Gasteiger partial charge in [0.1, 0.15) is 0 Å². The molecule has 0 aromatic heterocycles. The maximum atomic E-state index is 2.30. The third-order valence-electron chi connectivity index (χ3n) is 7.81. The average Bonchev–Trinajstić information content (AvgIpc) is 3.00. The van der Waals surface area contributed by atoms with Crippen LogP contribution in [0.5, 0.6) is 0 Å². The summed E-state index contributed by atoms with van der Waals surface area (Å²) in [6, 6.07) is 45.8. The van der Waals surface area contributed by atoms with E-state index < -0.39 is 0 Å². The second kappa shape index (κ2) is 12.7. The second-order valence-electron chi connectivity index (χ2n) is 13.3. The quantitative estimate of drug-likeness (QED) is 0.179. The molecule has 0 spiro atoms. The van der Waals surface area contributed by atoms with E-state index in [0.717, 1.165) is 17.1 Å². The summed E-state index contributed by atoms with van der Waals surface area (Å²) in [4.78, 5) is 2.30. The van der Waals surface area contributed by atoms with Gasteiger partial charge in [0.15, 0.2) is 0 Å². The number of hydrogen-bond donors (Lipinski definition) is 0. The molecule has 0 aliphatic carbocycles. The van der Waals surface area contributed by atoms with Crippen molar-refractivity contribution in [3.05, 3.63) is 161 Å². The maximum absolute atomic E-state index is 2.30. The molecule has 5 aromatic carbocycles. The minimum Gasteiger partial charge on any atom is -0.311 e. The largest absolute Gasteiger partial charge is 0.311 e. The Hall–Kier alpha value is -4.62. The van der Waals surface area contributed by atoms with Crippen LogP contribution in [0.4, 0.5) is 17.1 Å². The van der Waals surface area contributed by atoms with Gasteiger partial charge in [0.25, 0.3) is 0 Å². The normalized spacial score (nSPS) is 12.2. The van der Waals surface area contributed by atoms with Crippen LogP contribution >= 0.6 is 0 Å². The number of hydrogen-bond acceptors (Lipinski definition) is 1. The Morgan fingerprint density at radius 2 is 0.628 bits per heavy atom. The molecular formula is C42H43N. The number of anilines is 3. The van der Waals surface area contributed by atoms with E-state index >= 15 is 0 Å². The molecule has 0 unspecified atom stereocenters. The maximum Gasteiger partial charge on any atom is 0.0462 e. The van der Waals surface area contributed by atoms with Crippen molar-refractivity contribution in [2.45, 2.75) is 52.4 Å². The van der Waals surface area contributed by atoms with Gasteiger partial charge in [0.2, 0.25) is 0 Å². The number of nitrogens with zero attached hydrogens (tertiary/aromatic N) is 1. The molecular weight excluding hydrogens is 518 g/mol. The summed E-state index contributed by atoms with van der Waals surface area (Å²) in [5.41, 5.74) is 11.2. The van der Waals surface area contributed by atoms with E-state index in [4.69, 9.17) is 0 Å². The van der Waals surface area contributed by atoms with Gasteiger partial charge in [-0.2, -0.15) is 0 Å². The first-order valence-electron chi connectivity index (χ1n) is 15.2. The van der Waals surface area contributed by atoms with Gasteiger partial charge in [-0.05, 0) is 80.6 Å². The Morgan fingerprint density at radius 1 is 0.349 bits per heavy atom. The van der Waals surface area contributed by atoms with Crippen LogP contribution in [-0.4, -0.2) is 0 Å². The zero-order valence-corrected chi connectivity index (χ0v) is 26.4. The first-order chi connectivity index (χ1) is 20.6. The highest BCUT2D eigenvalue weighted by atomic mass is 15.1. The van der Waals surface area contributed by atoms with Crippen LogP contribution in [-0.2, 0) is 10.8 Å². The summed E-state index contributed by atoms with van der Waals surface area (Å²) in [6.45, 7) is 13.5. The second-order valence-corrected chi connectivity index (χ2v) is 13.3. The average molecular weight is 562 g/mol. The van der Waals surface area contributed by atoms with Gasteiger partial charge in [0, 0.05) is 17.1 Å². The van der Waals surface area contributed by atoms with Gasteiger partial charge in [-0.3, -0.25) is 0 Å². The molecule has 43 heavy (non-hydrogen) atoms. The molecule has 0 amide bonds. The summed E-state index contributed by atoms with van der Waals surface area (Å²) in [5, 5.41) is 0. The third-order valence-corrected chi connectivity index (χ3v) is 7.81. The first kappa shape index (κ1) is 29.9.